The lowest BCUT2D eigenvalue weighted by atomic mass is 9.91. The predicted molar refractivity (Wildman–Crippen MR) is 74.0 cm³/mol. The molecule has 0 spiro atoms. The van der Waals surface area contributed by atoms with E-state index >= 15 is 0 Å². The molecule has 0 saturated carbocycles. The second-order valence-corrected chi connectivity index (χ2v) is 5.51. The van der Waals surface area contributed by atoms with Crippen molar-refractivity contribution in [2.24, 2.45) is 0 Å². The van der Waals surface area contributed by atoms with Gasteiger partial charge >= 0.3 is 0 Å². The number of benzene rings is 1. The third-order valence-corrected chi connectivity index (χ3v) is 3.95. The van der Waals surface area contributed by atoms with Crippen LogP contribution >= 0.6 is 0 Å². The fraction of sp³-hybridized carbons (Fsp3) is 0.467. The van der Waals surface area contributed by atoms with Crippen LogP contribution in [-0.2, 0) is 23.3 Å². The van der Waals surface area contributed by atoms with E-state index in [0.717, 1.165) is 6.07 Å². The molecule has 1 aromatic heterocycles. The van der Waals surface area contributed by atoms with Gasteiger partial charge in [-0.3, -0.25) is 4.68 Å². The van der Waals surface area contributed by atoms with Gasteiger partial charge in [-0.25, -0.2) is 8.78 Å². The zero-order valence-corrected chi connectivity index (χ0v) is 12.0. The zero-order chi connectivity index (χ0) is 15.6. The van der Waals surface area contributed by atoms with Gasteiger partial charge in [-0.15, -0.1) is 5.10 Å². The topological polar surface area (TPSA) is 60.2 Å². The van der Waals surface area contributed by atoms with Crippen molar-refractivity contribution in [3.8, 4) is 0 Å². The fourth-order valence-electron chi connectivity index (χ4n) is 2.52. The maximum atomic E-state index is 13.1. The number of nitrogens with zero attached hydrogens (tertiary/aromatic N) is 3. The van der Waals surface area contributed by atoms with E-state index in [4.69, 9.17) is 4.74 Å². The number of ether oxygens (including phenoxy) is 1. The molecule has 1 fully saturated rings. The number of halogens is 2. The summed E-state index contributed by atoms with van der Waals surface area (Å²) in [6, 6.07) is 3.84. The van der Waals surface area contributed by atoms with Gasteiger partial charge < -0.3 is 9.84 Å². The normalized spacial score (nSPS) is 17.6. The minimum Gasteiger partial charge on any atom is -0.383 e. The highest BCUT2D eigenvalue weighted by Gasteiger charge is 2.34. The molecular formula is C15H17F2N3O2. The van der Waals surface area contributed by atoms with E-state index in [9.17, 15) is 13.9 Å². The van der Waals surface area contributed by atoms with Crippen LogP contribution in [0.25, 0.3) is 0 Å². The Morgan fingerprint density at radius 2 is 2.00 bits per heavy atom. The molecule has 1 aliphatic rings. The molecule has 5 nitrogen and oxygen atoms in total. The van der Waals surface area contributed by atoms with E-state index in [1.807, 2.05) is 0 Å². The van der Waals surface area contributed by atoms with Crippen molar-refractivity contribution in [1.82, 2.24) is 15.0 Å². The first kappa shape index (κ1) is 15.1. The van der Waals surface area contributed by atoms with Crippen LogP contribution in [0.2, 0.25) is 0 Å². The van der Waals surface area contributed by atoms with Crippen molar-refractivity contribution in [2.75, 3.05) is 13.2 Å². The molecule has 2 aromatic rings. The molecule has 0 bridgehead atoms. The number of hydrogen-bond donors (Lipinski definition) is 1. The second-order valence-electron chi connectivity index (χ2n) is 5.51. The van der Waals surface area contributed by atoms with Gasteiger partial charge in [0.2, 0.25) is 0 Å². The van der Waals surface area contributed by atoms with Crippen LogP contribution in [0.3, 0.4) is 0 Å². The second kappa shape index (κ2) is 6.10. The van der Waals surface area contributed by atoms with Gasteiger partial charge in [0, 0.05) is 32.6 Å². The summed E-state index contributed by atoms with van der Waals surface area (Å²) in [7, 11) is 0. The molecule has 0 unspecified atom stereocenters. The minimum absolute atomic E-state index is 0.477. The number of rotatable bonds is 4. The zero-order valence-electron chi connectivity index (χ0n) is 12.0. The average molecular weight is 309 g/mol. The highest BCUT2D eigenvalue weighted by atomic mass is 19.2. The van der Waals surface area contributed by atoms with Crippen molar-refractivity contribution >= 4 is 0 Å². The van der Waals surface area contributed by atoms with Crippen LogP contribution in [-0.4, -0.2) is 33.3 Å². The molecule has 7 heteroatoms. The van der Waals surface area contributed by atoms with Crippen LogP contribution in [0, 0.1) is 11.6 Å². The van der Waals surface area contributed by atoms with E-state index in [1.54, 1.807) is 16.9 Å². The summed E-state index contributed by atoms with van der Waals surface area (Å²) >= 11 is 0. The summed E-state index contributed by atoms with van der Waals surface area (Å²) in [5.74, 6) is -1.71. The van der Waals surface area contributed by atoms with Crippen molar-refractivity contribution in [1.29, 1.82) is 0 Å². The predicted octanol–water partition coefficient (Wildman–Crippen LogP) is 1.80. The summed E-state index contributed by atoms with van der Waals surface area (Å²) < 4.78 is 32.9. The third kappa shape index (κ3) is 3.15. The summed E-state index contributed by atoms with van der Waals surface area (Å²) in [5.41, 5.74) is 0.222. The quantitative estimate of drug-likeness (QED) is 0.935. The lowest BCUT2D eigenvalue weighted by Crippen LogP contribution is -2.33. The van der Waals surface area contributed by atoms with Crippen LogP contribution in [0.15, 0.2) is 24.4 Å². The van der Waals surface area contributed by atoms with Gasteiger partial charge in [-0.2, -0.15) is 0 Å². The van der Waals surface area contributed by atoms with Crippen molar-refractivity contribution in [2.45, 2.75) is 31.4 Å². The average Bonchev–Trinajstić information content (AvgIpc) is 2.99. The number of aliphatic hydroxyl groups is 1. The first-order chi connectivity index (χ1) is 10.6. The molecule has 22 heavy (non-hydrogen) atoms. The smallest absolute Gasteiger partial charge is 0.159 e. The lowest BCUT2D eigenvalue weighted by Gasteiger charge is -2.29. The maximum absolute atomic E-state index is 13.1. The Balaban J connectivity index is 1.65. The van der Waals surface area contributed by atoms with Crippen LogP contribution < -0.4 is 0 Å². The van der Waals surface area contributed by atoms with Gasteiger partial charge in [0.25, 0.3) is 0 Å². The SMILES string of the molecule is OC1(c2cn(CCc3ccc(F)c(F)c3)nn2)CCOCC1. The molecule has 2 heterocycles. The van der Waals surface area contributed by atoms with E-state index in [1.165, 1.54) is 6.07 Å². The Morgan fingerprint density at radius 3 is 2.73 bits per heavy atom. The molecule has 0 amide bonds. The monoisotopic (exact) mass is 309 g/mol. The van der Waals surface area contributed by atoms with Gasteiger partial charge in [-0.05, 0) is 24.1 Å². The molecule has 118 valence electrons. The lowest BCUT2D eigenvalue weighted by molar-refractivity contribution is -0.0706. The maximum Gasteiger partial charge on any atom is 0.159 e. The van der Waals surface area contributed by atoms with Crippen molar-refractivity contribution < 1.29 is 18.6 Å². The van der Waals surface area contributed by atoms with E-state index in [0.29, 0.717) is 50.3 Å². The molecule has 1 N–H and O–H groups in total. The van der Waals surface area contributed by atoms with Crippen LogP contribution in [0.4, 0.5) is 8.78 Å². The summed E-state index contributed by atoms with van der Waals surface area (Å²) in [5, 5.41) is 18.5. The third-order valence-electron chi connectivity index (χ3n) is 3.95. The molecule has 0 aliphatic carbocycles. The van der Waals surface area contributed by atoms with E-state index in [-0.39, 0.29) is 0 Å². The van der Waals surface area contributed by atoms with Crippen LogP contribution in [0.5, 0.6) is 0 Å². The standard InChI is InChI=1S/C15H17F2N3O2/c16-12-2-1-11(9-13(12)17)3-6-20-10-14(18-19-20)15(21)4-7-22-8-5-15/h1-2,9-10,21H,3-8H2. The first-order valence-corrected chi connectivity index (χ1v) is 7.21. The molecule has 0 radical (unpaired) electrons. The fourth-order valence-corrected chi connectivity index (χ4v) is 2.52. The van der Waals surface area contributed by atoms with E-state index in [2.05, 4.69) is 10.3 Å². The highest BCUT2D eigenvalue weighted by molar-refractivity contribution is 5.18. The van der Waals surface area contributed by atoms with E-state index < -0.39 is 17.2 Å². The van der Waals surface area contributed by atoms with Gasteiger partial charge in [0.1, 0.15) is 11.3 Å². The number of aromatic nitrogens is 3. The molecule has 3 rings (SSSR count). The summed E-state index contributed by atoms with van der Waals surface area (Å²) in [6.07, 6.45) is 3.19. The molecule has 1 aliphatic heterocycles. The summed E-state index contributed by atoms with van der Waals surface area (Å²) in [6.45, 7) is 1.47. The largest absolute Gasteiger partial charge is 0.383 e. The highest BCUT2D eigenvalue weighted by Crippen LogP contribution is 2.30. The Hall–Kier alpha value is -1.86. The minimum atomic E-state index is -0.988. The van der Waals surface area contributed by atoms with Crippen LogP contribution in [0.1, 0.15) is 24.1 Å². The molecule has 1 aromatic carbocycles. The van der Waals surface area contributed by atoms with Gasteiger partial charge in [-0.1, -0.05) is 11.3 Å². The molecule has 1 saturated heterocycles. The Kier molecular flexibility index (Phi) is 4.17. The molecular weight excluding hydrogens is 292 g/mol. The Labute approximate surface area is 126 Å². The van der Waals surface area contributed by atoms with Gasteiger partial charge in [0.05, 0.1) is 6.20 Å². The van der Waals surface area contributed by atoms with Gasteiger partial charge in [0.15, 0.2) is 11.6 Å². The summed E-state index contributed by atoms with van der Waals surface area (Å²) in [4.78, 5) is 0. The number of hydrogen-bond acceptors (Lipinski definition) is 4. The number of aryl methyl sites for hydroxylation is 2. The van der Waals surface area contributed by atoms with Crippen molar-refractivity contribution in [3.63, 3.8) is 0 Å². The Bertz CT molecular complexity index is 654. The molecule has 0 atom stereocenters. The Morgan fingerprint density at radius 1 is 1.23 bits per heavy atom. The van der Waals surface area contributed by atoms with Crippen molar-refractivity contribution in [3.05, 3.63) is 47.3 Å². The first-order valence-electron chi connectivity index (χ1n) is 7.21.